The zero-order valence-electron chi connectivity index (χ0n) is 13.1. The fourth-order valence-electron chi connectivity index (χ4n) is 2.53. The summed E-state index contributed by atoms with van der Waals surface area (Å²) >= 11 is 6.11. The van der Waals surface area contributed by atoms with E-state index in [1.165, 1.54) is 7.05 Å². The number of carbonyl (C=O) groups excluding carboxylic acids is 2. The summed E-state index contributed by atoms with van der Waals surface area (Å²) in [5, 5.41) is 6.50. The summed E-state index contributed by atoms with van der Waals surface area (Å²) in [5.74, 6) is -0.545. The third-order valence-electron chi connectivity index (χ3n) is 3.77. The Kier molecular flexibility index (Phi) is 4.27. The Morgan fingerprint density at radius 3 is 2.50 bits per heavy atom. The number of amides is 2. The number of furan rings is 1. The molecule has 0 aliphatic carbocycles. The maximum absolute atomic E-state index is 12.6. The molecule has 0 radical (unpaired) electrons. The van der Waals surface area contributed by atoms with Crippen LogP contribution in [0.2, 0.25) is 5.02 Å². The number of benzene rings is 2. The highest BCUT2D eigenvalue weighted by atomic mass is 35.5. The van der Waals surface area contributed by atoms with Crippen molar-refractivity contribution >= 4 is 40.1 Å². The van der Waals surface area contributed by atoms with Gasteiger partial charge in [0.25, 0.3) is 11.8 Å². The molecule has 0 unspecified atom stereocenters. The normalized spacial score (nSPS) is 10.6. The zero-order chi connectivity index (χ0) is 17.3. The summed E-state index contributed by atoms with van der Waals surface area (Å²) in [4.78, 5) is 24.5. The molecular weight excluding hydrogens is 328 g/mol. The van der Waals surface area contributed by atoms with Crippen molar-refractivity contribution in [1.29, 1.82) is 0 Å². The van der Waals surface area contributed by atoms with Crippen LogP contribution in [0.1, 0.15) is 26.5 Å². The number of rotatable bonds is 3. The minimum Gasteiger partial charge on any atom is -0.449 e. The second-order valence-electron chi connectivity index (χ2n) is 5.25. The molecule has 122 valence electrons. The van der Waals surface area contributed by atoms with Crippen LogP contribution in [0.5, 0.6) is 0 Å². The summed E-state index contributed by atoms with van der Waals surface area (Å²) in [6.45, 7) is 1.79. The van der Waals surface area contributed by atoms with Gasteiger partial charge >= 0.3 is 0 Å². The molecule has 2 amide bonds. The lowest BCUT2D eigenvalue weighted by Gasteiger charge is -2.09. The van der Waals surface area contributed by atoms with Crippen LogP contribution in [0.4, 0.5) is 5.69 Å². The van der Waals surface area contributed by atoms with Gasteiger partial charge in [0.1, 0.15) is 0 Å². The van der Waals surface area contributed by atoms with Crippen LogP contribution in [-0.2, 0) is 0 Å². The van der Waals surface area contributed by atoms with Gasteiger partial charge in [-0.15, -0.1) is 0 Å². The van der Waals surface area contributed by atoms with Crippen LogP contribution < -0.4 is 10.6 Å². The van der Waals surface area contributed by atoms with E-state index < -0.39 is 5.91 Å². The first-order valence-electron chi connectivity index (χ1n) is 7.33. The number of para-hydroxylation sites is 2. The molecule has 0 fully saturated rings. The number of carbonyl (C=O) groups is 2. The van der Waals surface area contributed by atoms with Crippen LogP contribution in [0.25, 0.3) is 11.0 Å². The van der Waals surface area contributed by atoms with E-state index >= 15 is 0 Å². The summed E-state index contributed by atoms with van der Waals surface area (Å²) in [6.07, 6.45) is 0. The molecule has 3 aromatic rings. The molecule has 2 N–H and O–H groups in total. The fraction of sp³-hybridized carbons (Fsp3) is 0.111. The largest absolute Gasteiger partial charge is 0.449 e. The van der Waals surface area contributed by atoms with Crippen molar-refractivity contribution in [3.63, 3.8) is 0 Å². The minimum atomic E-state index is -0.434. The summed E-state index contributed by atoms with van der Waals surface area (Å²) < 4.78 is 5.65. The average molecular weight is 343 g/mol. The molecule has 5 nitrogen and oxygen atoms in total. The lowest BCUT2D eigenvalue weighted by molar-refractivity contribution is 0.0964. The van der Waals surface area contributed by atoms with Gasteiger partial charge in [0.2, 0.25) is 0 Å². The Hall–Kier alpha value is -2.79. The van der Waals surface area contributed by atoms with Gasteiger partial charge in [-0.1, -0.05) is 35.9 Å². The molecule has 2 aromatic carbocycles. The topological polar surface area (TPSA) is 71.3 Å². The summed E-state index contributed by atoms with van der Waals surface area (Å²) in [5.41, 5.74) is 1.96. The monoisotopic (exact) mass is 342 g/mol. The number of hydrogen-bond acceptors (Lipinski definition) is 3. The highest BCUT2D eigenvalue weighted by Gasteiger charge is 2.20. The standard InChI is InChI=1S/C18H15ClN2O3/c1-10-11-7-5-8-13(19)16(11)24-15(10)18(23)21-14-9-4-3-6-12(14)17(22)20-2/h3-9H,1-2H3,(H,20,22)(H,21,23). The van der Waals surface area contributed by atoms with Gasteiger partial charge in [-0.3, -0.25) is 9.59 Å². The van der Waals surface area contributed by atoms with Gasteiger partial charge in [0.15, 0.2) is 11.3 Å². The van der Waals surface area contributed by atoms with E-state index in [4.69, 9.17) is 16.0 Å². The van der Waals surface area contributed by atoms with Gasteiger partial charge in [0, 0.05) is 18.0 Å². The van der Waals surface area contributed by atoms with E-state index in [0.29, 0.717) is 27.4 Å². The van der Waals surface area contributed by atoms with Crippen LogP contribution in [0, 0.1) is 6.92 Å². The first kappa shape index (κ1) is 16.1. The van der Waals surface area contributed by atoms with E-state index in [2.05, 4.69) is 10.6 Å². The number of hydrogen-bond donors (Lipinski definition) is 2. The average Bonchev–Trinajstić information content (AvgIpc) is 2.93. The van der Waals surface area contributed by atoms with Gasteiger partial charge in [-0.2, -0.15) is 0 Å². The quantitative estimate of drug-likeness (QED) is 0.755. The second-order valence-corrected chi connectivity index (χ2v) is 5.66. The molecule has 0 saturated heterocycles. The van der Waals surface area contributed by atoms with Crippen molar-refractivity contribution in [2.24, 2.45) is 0 Å². The Labute approximate surface area is 143 Å². The van der Waals surface area contributed by atoms with Crippen molar-refractivity contribution in [2.45, 2.75) is 6.92 Å². The molecule has 3 rings (SSSR count). The van der Waals surface area contributed by atoms with Crippen LogP contribution in [0.3, 0.4) is 0 Å². The molecule has 24 heavy (non-hydrogen) atoms. The van der Waals surface area contributed by atoms with E-state index in [-0.39, 0.29) is 11.7 Å². The predicted octanol–water partition coefficient (Wildman–Crippen LogP) is 4.01. The lowest BCUT2D eigenvalue weighted by atomic mass is 10.1. The minimum absolute atomic E-state index is 0.171. The Morgan fingerprint density at radius 2 is 1.79 bits per heavy atom. The number of anilines is 1. The molecule has 0 aliphatic heterocycles. The molecular formula is C18H15ClN2O3. The molecule has 0 spiro atoms. The highest BCUT2D eigenvalue weighted by Crippen LogP contribution is 2.31. The highest BCUT2D eigenvalue weighted by molar-refractivity contribution is 6.35. The summed E-state index contributed by atoms with van der Waals surface area (Å²) in [6, 6.07) is 12.1. The van der Waals surface area contributed by atoms with Crippen LogP contribution in [0.15, 0.2) is 46.9 Å². The van der Waals surface area contributed by atoms with E-state index in [1.807, 2.05) is 6.07 Å². The molecule has 1 aromatic heterocycles. The van der Waals surface area contributed by atoms with Gasteiger partial charge in [-0.05, 0) is 25.1 Å². The van der Waals surface area contributed by atoms with E-state index in [0.717, 1.165) is 5.39 Å². The summed E-state index contributed by atoms with van der Waals surface area (Å²) in [7, 11) is 1.53. The number of nitrogens with one attached hydrogen (secondary N) is 2. The molecule has 1 heterocycles. The molecule has 0 aliphatic rings. The number of aryl methyl sites for hydroxylation is 1. The predicted molar refractivity (Wildman–Crippen MR) is 93.7 cm³/mol. The van der Waals surface area contributed by atoms with Crippen molar-refractivity contribution in [3.05, 3.63) is 64.4 Å². The first-order valence-corrected chi connectivity index (χ1v) is 7.70. The van der Waals surface area contributed by atoms with Gasteiger partial charge in [-0.25, -0.2) is 0 Å². The van der Waals surface area contributed by atoms with Gasteiger partial charge in [0.05, 0.1) is 16.3 Å². The SMILES string of the molecule is CNC(=O)c1ccccc1NC(=O)c1oc2c(Cl)cccc2c1C. The van der Waals surface area contributed by atoms with Crippen LogP contribution >= 0.6 is 11.6 Å². The Morgan fingerprint density at radius 1 is 1.04 bits per heavy atom. The third-order valence-corrected chi connectivity index (χ3v) is 4.07. The van der Waals surface area contributed by atoms with E-state index in [1.54, 1.807) is 43.3 Å². The van der Waals surface area contributed by atoms with Crippen LogP contribution in [-0.4, -0.2) is 18.9 Å². The molecule has 0 bridgehead atoms. The molecule has 0 atom stereocenters. The maximum atomic E-state index is 12.6. The van der Waals surface area contributed by atoms with Crippen molar-refractivity contribution < 1.29 is 14.0 Å². The Balaban J connectivity index is 1.99. The van der Waals surface area contributed by atoms with Crippen molar-refractivity contribution in [1.82, 2.24) is 5.32 Å². The Bertz CT molecular complexity index is 947. The zero-order valence-corrected chi connectivity index (χ0v) is 13.9. The molecule has 0 saturated carbocycles. The lowest BCUT2D eigenvalue weighted by Crippen LogP contribution is -2.21. The van der Waals surface area contributed by atoms with Crippen molar-refractivity contribution in [3.8, 4) is 0 Å². The number of halogens is 1. The van der Waals surface area contributed by atoms with Gasteiger partial charge < -0.3 is 15.1 Å². The maximum Gasteiger partial charge on any atom is 0.291 e. The fourth-order valence-corrected chi connectivity index (χ4v) is 2.74. The number of fused-ring (bicyclic) bond motifs is 1. The smallest absolute Gasteiger partial charge is 0.291 e. The first-order chi connectivity index (χ1) is 11.5. The van der Waals surface area contributed by atoms with Crippen molar-refractivity contribution in [2.75, 3.05) is 12.4 Å². The second kappa shape index (κ2) is 6.37. The van der Waals surface area contributed by atoms with E-state index in [9.17, 15) is 9.59 Å². The third kappa shape index (κ3) is 2.74. The molecule has 6 heteroatoms.